The zero-order chi connectivity index (χ0) is 13.4. The summed E-state index contributed by atoms with van der Waals surface area (Å²) < 4.78 is 28.2. The second-order valence-corrected chi connectivity index (χ2v) is 4.87. The quantitative estimate of drug-likeness (QED) is 0.794. The number of benzene rings is 1. The Bertz CT molecular complexity index is 632. The molecule has 0 N–H and O–H groups in total. The first kappa shape index (κ1) is 12.0. The first-order valence-electron chi connectivity index (χ1n) is 6.14. The minimum atomic E-state index is -1.02. The summed E-state index contributed by atoms with van der Waals surface area (Å²) in [6.07, 6.45) is 6.27. The normalized spacial score (nSPS) is 14.6. The summed E-state index contributed by atoms with van der Waals surface area (Å²) >= 11 is 0. The summed E-state index contributed by atoms with van der Waals surface area (Å²) in [6, 6.07) is 1.95. The smallest absolute Gasteiger partial charge is 0.159 e. The van der Waals surface area contributed by atoms with E-state index in [2.05, 4.69) is 5.10 Å². The van der Waals surface area contributed by atoms with Crippen LogP contribution in [-0.4, -0.2) is 16.1 Å². The summed E-state index contributed by atoms with van der Waals surface area (Å²) in [6.45, 7) is 0.833. The number of carbonyl (C=O) groups excluding carboxylic acids is 1. The minimum absolute atomic E-state index is 0.130. The first-order chi connectivity index (χ1) is 9.17. The van der Waals surface area contributed by atoms with Gasteiger partial charge in [0.2, 0.25) is 0 Å². The van der Waals surface area contributed by atoms with Crippen LogP contribution in [0.3, 0.4) is 0 Å². The fourth-order valence-corrected chi connectivity index (χ4v) is 2.08. The summed E-state index contributed by atoms with van der Waals surface area (Å²) in [4.78, 5) is 10.9. The molecule has 1 heterocycles. The molecule has 5 heteroatoms. The highest BCUT2D eigenvalue weighted by Crippen LogP contribution is 2.31. The largest absolute Gasteiger partial charge is 0.298 e. The van der Waals surface area contributed by atoms with Gasteiger partial charge in [-0.2, -0.15) is 5.10 Å². The minimum Gasteiger partial charge on any atom is -0.298 e. The Morgan fingerprint density at radius 2 is 2.05 bits per heavy atom. The number of rotatable bonds is 4. The number of hydrogen-bond donors (Lipinski definition) is 0. The molecule has 3 nitrogen and oxygen atoms in total. The Labute approximate surface area is 108 Å². The summed E-state index contributed by atoms with van der Waals surface area (Å²) in [5, 5.41) is 4.18. The molecular formula is C14H12F2N2O. The van der Waals surface area contributed by atoms with Crippen molar-refractivity contribution in [1.29, 1.82) is 0 Å². The molecule has 2 aromatic rings. The van der Waals surface area contributed by atoms with Gasteiger partial charge in [0.1, 0.15) is 0 Å². The van der Waals surface area contributed by atoms with Gasteiger partial charge < -0.3 is 0 Å². The van der Waals surface area contributed by atoms with E-state index < -0.39 is 11.6 Å². The van der Waals surface area contributed by atoms with Gasteiger partial charge in [-0.15, -0.1) is 0 Å². The van der Waals surface area contributed by atoms with Crippen LogP contribution in [0.2, 0.25) is 0 Å². The van der Waals surface area contributed by atoms with Crippen molar-refractivity contribution in [2.75, 3.05) is 0 Å². The van der Waals surface area contributed by atoms with Crippen LogP contribution in [0.15, 0.2) is 24.5 Å². The van der Waals surface area contributed by atoms with E-state index in [-0.39, 0.29) is 5.56 Å². The Morgan fingerprint density at radius 3 is 2.74 bits per heavy atom. The van der Waals surface area contributed by atoms with Crippen LogP contribution < -0.4 is 0 Å². The lowest BCUT2D eigenvalue weighted by molar-refractivity contribution is 0.112. The van der Waals surface area contributed by atoms with E-state index in [1.807, 2.05) is 0 Å². The van der Waals surface area contributed by atoms with Crippen LogP contribution in [-0.2, 0) is 6.54 Å². The molecule has 98 valence electrons. The van der Waals surface area contributed by atoms with Crippen LogP contribution in [0, 0.1) is 17.6 Å². The van der Waals surface area contributed by atoms with Crippen LogP contribution >= 0.6 is 0 Å². The molecular weight excluding hydrogens is 250 g/mol. The first-order valence-corrected chi connectivity index (χ1v) is 6.14. The van der Waals surface area contributed by atoms with E-state index >= 15 is 0 Å². The second kappa shape index (κ2) is 4.57. The molecule has 0 aliphatic heterocycles. The van der Waals surface area contributed by atoms with Gasteiger partial charge in [0.15, 0.2) is 17.9 Å². The third-order valence-corrected chi connectivity index (χ3v) is 3.31. The van der Waals surface area contributed by atoms with Crippen molar-refractivity contribution >= 4 is 6.29 Å². The molecule has 0 atom stereocenters. The predicted octanol–water partition coefficient (Wildman–Crippen LogP) is 3.05. The maximum Gasteiger partial charge on any atom is 0.159 e. The highest BCUT2D eigenvalue weighted by Gasteiger charge is 2.22. The fourth-order valence-electron chi connectivity index (χ4n) is 2.08. The second-order valence-electron chi connectivity index (χ2n) is 4.87. The standard InChI is InChI=1S/C14H12F2N2O/c15-13-3-10(8-19)12(4-14(13)16)11-5-17-18(7-11)6-9-1-2-9/h3-5,7-9H,1-2,6H2. The average molecular weight is 262 g/mol. The Kier molecular flexibility index (Phi) is 2.89. The van der Waals surface area contributed by atoms with E-state index in [1.54, 1.807) is 17.1 Å². The van der Waals surface area contributed by atoms with Crippen LogP contribution in [0.1, 0.15) is 23.2 Å². The number of aldehydes is 1. The molecule has 1 aromatic carbocycles. The molecule has 1 saturated carbocycles. The number of halogens is 2. The summed E-state index contributed by atoms with van der Waals surface area (Å²) in [5.41, 5.74) is 1.13. The monoisotopic (exact) mass is 262 g/mol. The fraction of sp³-hybridized carbons (Fsp3) is 0.286. The van der Waals surface area contributed by atoms with Crippen molar-refractivity contribution in [2.24, 2.45) is 5.92 Å². The van der Waals surface area contributed by atoms with E-state index in [9.17, 15) is 13.6 Å². The van der Waals surface area contributed by atoms with E-state index in [0.717, 1.165) is 18.7 Å². The summed E-state index contributed by atoms with van der Waals surface area (Å²) in [5.74, 6) is -1.31. The van der Waals surface area contributed by atoms with Gasteiger partial charge in [0.05, 0.1) is 6.20 Å². The SMILES string of the molecule is O=Cc1cc(F)c(F)cc1-c1cnn(CC2CC2)c1. The van der Waals surface area contributed by atoms with Gasteiger partial charge in [-0.25, -0.2) is 8.78 Å². The lowest BCUT2D eigenvalue weighted by atomic mass is 10.0. The summed E-state index contributed by atoms with van der Waals surface area (Å²) in [7, 11) is 0. The topological polar surface area (TPSA) is 34.9 Å². The number of hydrogen-bond acceptors (Lipinski definition) is 2. The molecule has 3 rings (SSSR count). The molecule has 1 aliphatic carbocycles. The van der Waals surface area contributed by atoms with E-state index in [1.165, 1.54) is 12.8 Å². The van der Waals surface area contributed by atoms with Crippen molar-refractivity contribution in [3.63, 3.8) is 0 Å². The number of nitrogens with zero attached hydrogens (tertiary/aromatic N) is 2. The third kappa shape index (κ3) is 2.41. The predicted molar refractivity (Wildman–Crippen MR) is 65.7 cm³/mol. The maximum atomic E-state index is 13.3. The van der Waals surface area contributed by atoms with Gasteiger partial charge >= 0.3 is 0 Å². The third-order valence-electron chi connectivity index (χ3n) is 3.31. The highest BCUT2D eigenvalue weighted by molar-refractivity contribution is 5.87. The van der Waals surface area contributed by atoms with E-state index in [4.69, 9.17) is 0 Å². The van der Waals surface area contributed by atoms with Gasteiger partial charge in [-0.05, 0) is 36.5 Å². The van der Waals surface area contributed by atoms with Gasteiger partial charge in [0.25, 0.3) is 0 Å². The van der Waals surface area contributed by atoms with Crippen LogP contribution in [0.25, 0.3) is 11.1 Å². The Hall–Kier alpha value is -2.04. The van der Waals surface area contributed by atoms with Gasteiger partial charge in [-0.3, -0.25) is 9.48 Å². The lowest BCUT2D eigenvalue weighted by Gasteiger charge is -2.03. The maximum absolute atomic E-state index is 13.3. The van der Waals surface area contributed by atoms with Gasteiger partial charge in [-0.1, -0.05) is 0 Å². The molecule has 0 unspecified atom stereocenters. The molecule has 0 saturated heterocycles. The Morgan fingerprint density at radius 1 is 1.32 bits per heavy atom. The van der Waals surface area contributed by atoms with Crippen molar-refractivity contribution in [3.05, 3.63) is 41.7 Å². The number of carbonyl (C=O) groups is 1. The van der Waals surface area contributed by atoms with Crippen molar-refractivity contribution in [2.45, 2.75) is 19.4 Å². The van der Waals surface area contributed by atoms with Gasteiger partial charge in [0, 0.05) is 23.9 Å². The zero-order valence-corrected chi connectivity index (χ0v) is 10.1. The van der Waals surface area contributed by atoms with Crippen molar-refractivity contribution < 1.29 is 13.6 Å². The molecule has 0 amide bonds. The lowest BCUT2D eigenvalue weighted by Crippen LogP contribution is -1.99. The molecule has 1 aliphatic rings. The number of aromatic nitrogens is 2. The molecule has 0 bridgehead atoms. The zero-order valence-electron chi connectivity index (χ0n) is 10.1. The molecule has 0 radical (unpaired) electrons. The Balaban J connectivity index is 1.97. The molecule has 19 heavy (non-hydrogen) atoms. The molecule has 0 spiro atoms. The van der Waals surface area contributed by atoms with Crippen LogP contribution in [0.5, 0.6) is 0 Å². The van der Waals surface area contributed by atoms with Crippen molar-refractivity contribution in [3.8, 4) is 11.1 Å². The van der Waals surface area contributed by atoms with Crippen molar-refractivity contribution in [1.82, 2.24) is 9.78 Å². The highest BCUT2D eigenvalue weighted by atomic mass is 19.2. The average Bonchev–Trinajstić information content (AvgIpc) is 3.08. The molecule has 1 aromatic heterocycles. The molecule has 1 fully saturated rings. The van der Waals surface area contributed by atoms with Crippen LogP contribution in [0.4, 0.5) is 8.78 Å². The van der Waals surface area contributed by atoms with E-state index in [0.29, 0.717) is 23.3 Å².